The fourth-order valence-corrected chi connectivity index (χ4v) is 1.12. The number of aromatic hydroxyl groups is 1. The standard InChI is InChI=1S/C8H8ClNO2/c9-3-6-1-5(4-11)2-7(10)8(6)12/h1-2,4,12H,3,10H2. The monoisotopic (exact) mass is 185 g/mol. The van der Waals surface area contributed by atoms with Gasteiger partial charge in [-0.15, -0.1) is 11.6 Å². The number of benzene rings is 1. The Morgan fingerprint density at radius 1 is 1.58 bits per heavy atom. The highest BCUT2D eigenvalue weighted by molar-refractivity contribution is 6.17. The predicted octanol–water partition coefficient (Wildman–Crippen LogP) is 1.53. The minimum atomic E-state index is -0.0457. The van der Waals surface area contributed by atoms with E-state index in [4.69, 9.17) is 17.3 Å². The average Bonchev–Trinajstić information content (AvgIpc) is 2.09. The van der Waals surface area contributed by atoms with Crippen molar-refractivity contribution < 1.29 is 9.90 Å². The second kappa shape index (κ2) is 3.45. The van der Waals surface area contributed by atoms with Crippen LogP contribution in [0.3, 0.4) is 0 Å². The number of aldehydes is 1. The highest BCUT2D eigenvalue weighted by Gasteiger charge is 2.05. The molecule has 0 fully saturated rings. The number of rotatable bonds is 2. The van der Waals surface area contributed by atoms with Gasteiger partial charge in [0.15, 0.2) is 0 Å². The average molecular weight is 186 g/mol. The summed E-state index contributed by atoms with van der Waals surface area (Å²) < 4.78 is 0. The minimum Gasteiger partial charge on any atom is -0.505 e. The SMILES string of the molecule is Nc1cc(C=O)cc(CCl)c1O. The molecular weight excluding hydrogens is 178 g/mol. The third kappa shape index (κ3) is 1.51. The fraction of sp³-hybridized carbons (Fsp3) is 0.125. The summed E-state index contributed by atoms with van der Waals surface area (Å²) in [4.78, 5) is 10.4. The van der Waals surface area contributed by atoms with E-state index in [0.29, 0.717) is 17.4 Å². The van der Waals surface area contributed by atoms with Crippen molar-refractivity contribution in [2.24, 2.45) is 0 Å². The molecule has 1 aromatic carbocycles. The zero-order valence-electron chi connectivity index (χ0n) is 6.25. The maximum absolute atomic E-state index is 10.4. The van der Waals surface area contributed by atoms with Gasteiger partial charge in [-0.05, 0) is 12.1 Å². The van der Waals surface area contributed by atoms with Gasteiger partial charge in [0.25, 0.3) is 0 Å². The van der Waals surface area contributed by atoms with Gasteiger partial charge >= 0.3 is 0 Å². The van der Waals surface area contributed by atoms with E-state index < -0.39 is 0 Å². The first-order chi connectivity index (χ1) is 5.69. The molecular formula is C8H8ClNO2. The van der Waals surface area contributed by atoms with E-state index in [-0.39, 0.29) is 17.3 Å². The number of nitrogen functional groups attached to an aromatic ring is 1. The first-order valence-electron chi connectivity index (χ1n) is 3.31. The van der Waals surface area contributed by atoms with Crippen molar-refractivity contribution in [3.05, 3.63) is 23.3 Å². The summed E-state index contributed by atoms with van der Waals surface area (Å²) in [6, 6.07) is 2.91. The summed E-state index contributed by atoms with van der Waals surface area (Å²) in [5.74, 6) is 0.0909. The third-order valence-electron chi connectivity index (χ3n) is 1.52. The van der Waals surface area contributed by atoms with Crippen molar-refractivity contribution in [3.63, 3.8) is 0 Å². The third-order valence-corrected chi connectivity index (χ3v) is 1.81. The van der Waals surface area contributed by atoms with Crippen LogP contribution in [-0.2, 0) is 5.88 Å². The van der Waals surface area contributed by atoms with Gasteiger partial charge in [0.05, 0.1) is 11.6 Å². The molecule has 64 valence electrons. The van der Waals surface area contributed by atoms with Gasteiger partial charge in [0.2, 0.25) is 0 Å². The van der Waals surface area contributed by atoms with Crippen LogP contribution in [0.4, 0.5) is 5.69 Å². The highest BCUT2D eigenvalue weighted by Crippen LogP contribution is 2.27. The maximum Gasteiger partial charge on any atom is 0.150 e. The van der Waals surface area contributed by atoms with Crippen LogP contribution >= 0.6 is 11.6 Å². The van der Waals surface area contributed by atoms with Gasteiger partial charge in [-0.2, -0.15) is 0 Å². The lowest BCUT2D eigenvalue weighted by atomic mass is 10.1. The Morgan fingerprint density at radius 2 is 2.25 bits per heavy atom. The van der Waals surface area contributed by atoms with Crippen LogP contribution in [0.5, 0.6) is 5.75 Å². The molecule has 0 unspecified atom stereocenters. The molecule has 0 saturated heterocycles. The minimum absolute atomic E-state index is 0.0457. The summed E-state index contributed by atoms with van der Waals surface area (Å²) in [6.07, 6.45) is 0.659. The van der Waals surface area contributed by atoms with E-state index in [1.165, 1.54) is 12.1 Å². The van der Waals surface area contributed by atoms with Crippen LogP contribution in [0.1, 0.15) is 15.9 Å². The number of anilines is 1. The molecule has 1 rings (SSSR count). The van der Waals surface area contributed by atoms with Crippen molar-refractivity contribution in [3.8, 4) is 5.75 Å². The van der Waals surface area contributed by atoms with Gasteiger partial charge < -0.3 is 10.8 Å². The lowest BCUT2D eigenvalue weighted by Gasteiger charge is -2.04. The molecule has 12 heavy (non-hydrogen) atoms. The van der Waals surface area contributed by atoms with Crippen LogP contribution in [-0.4, -0.2) is 11.4 Å². The smallest absolute Gasteiger partial charge is 0.150 e. The van der Waals surface area contributed by atoms with E-state index in [2.05, 4.69) is 0 Å². The van der Waals surface area contributed by atoms with E-state index >= 15 is 0 Å². The van der Waals surface area contributed by atoms with Gasteiger partial charge in [-0.25, -0.2) is 0 Å². The highest BCUT2D eigenvalue weighted by atomic mass is 35.5. The van der Waals surface area contributed by atoms with Crippen LogP contribution < -0.4 is 5.73 Å². The van der Waals surface area contributed by atoms with Gasteiger partial charge in [0, 0.05) is 11.1 Å². The van der Waals surface area contributed by atoms with Crippen molar-refractivity contribution in [2.75, 3.05) is 5.73 Å². The molecule has 0 spiro atoms. The van der Waals surface area contributed by atoms with E-state index in [0.717, 1.165) is 0 Å². The normalized spacial score (nSPS) is 9.75. The number of halogens is 1. The van der Waals surface area contributed by atoms with Gasteiger partial charge in [-0.1, -0.05) is 0 Å². The number of hydrogen-bond donors (Lipinski definition) is 2. The Hall–Kier alpha value is -1.22. The molecule has 0 amide bonds. The van der Waals surface area contributed by atoms with E-state index in [1.807, 2.05) is 0 Å². The van der Waals surface area contributed by atoms with Crippen LogP contribution in [0, 0.1) is 0 Å². The lowest BCUT2D eigenvalue weighted by molar-refractivity contribution is 0.112. The molecule has 4 heteroatoms. The number of phenolic OH excluding ortho intramolecular Hbond substituents is 1. The van der Waals surface area contributed by atoms with Crippen LogP contribution in [0.25, 0.3) is 0 Å². The second-order valence-electron chi connectivity index (χ2n) is 2.37. The molecule has 0 radical (unpaired) electrons. The molecule has 0 heterocycles. The Labute approximate surface area is 74.8 Å². The van der Waals surface area contributed by atoms with Crippen molar-refractivity contribution in [1.82, 2.24) is 0 Å². The van der Waals surface area contributed by atoms with Gasteiger partial charge in [-0.3, -0.25) is 4.79 Å². The maximum atomic E-state index is 10.4. The molecule has 0 saturated carbocycles. The number of hydrogen-bond acceptors (Lipinski definition) is 3. The lowest BCUT2D eigenvalue weighted by Crippen LogP contribution is -1.92. The Balaban J connectivity index is 3.28. The Kier molecular flexibility index (Phi) is 2.55. The molecule has 1 aromatic rings. The van der Waals surface area contributed by atoms with Crippen molar-refractivity contribution in [1.29, 1.82) is 0 Å². The largest absolute Gasteiger partial charge is 0.505 e. The second-order valence-corrected chi connectivity index (χ2v) is 2.64. The molecule has 0 aliphatic carbocycles. The number of alkyl halides is 1. The molecule has 0 aromatic heterocycles. The Morgan fingerprint density at radius 3 is 2.75 bits per heavy atom. The summed E-state index contributed by atoms with van der Waals surface area (Å²) in [5, 5.41) is 9.29. The number of carbonyl (C=O) groups excluding carboxylic acids is 1. The summed E-state index contributed by atoms with van der Waals surface area (Å²) in [7, 11) is 0. The quantitative estimate of drug-likeness (QED) is 0.318. The number of nitrogens with two attached hydrogens (primary N) is 1. The van der Waals surface area contributed by atoms with E-state index in [9.17, 15) is 9.90 Å². The molecule has 0 atom stereocenters. The number of phenols is 1. The first kappa shape index (κ1) is 8.87. The number of carbonyl (C=O) groups is 1. The van der Waals surface area contributed by atoms with Crippen molar-refractivity contribution in [2.45, 2.75) is 5.88 Å². The van der Waals surface area contributed by atoms with Crippen LogP contribution in [0.15, 0.2) is 12.1 Å². The summed E-state index contributed by atoms with van der Waals surface area (Å²) in [5.41, 5.74) is 6.47. The topological polar surface area (TPSA) is 63.3 Å². The zero-order chi connectivity index (χ0) is 9.14. The van der Waals surface area contributed by atoms with Crippen LogP contribution in [0.2, 0.25) is 0 Å². The summed E-state index contributed by atoms with van der Waals surface area (Å²) in [6.45, 7) is 0. The zero-order valence-corrected chi connectivity index (χ0v) is 7.01. The van der Waals surface area contributed by atoms with Crippen molar-refractivity contribution >= 4 is 23.6 Å². The van der Waals surface area contributed by atoms with Gasteiger partial charge in [0.1, 0.15) is 12.0 Å². The van der Waals surface area contributed by atoms with E-state index in [1.54, 1.807) is 0 Å². The Bertz CT molecular complexity index is 312. The molecule has 3 nitrogen and oxygen atoms in total. The molecule has 3 N–H and O–H groups in total. The molecule has 0 bridgehead atoms. The summed E-state index contributed by atoms with van der Waals surface area (Å²) >= 11 is 5.50. The molecule has 0 aliphatic heterocycles. The molecule has 0 aliphatic rings. The predicted molar refractivity (Wildman–Crippen MR) is 47.5 cm³/mol. The fourth-order valence-electron chi connectivity index (χ4n) is 0.914. The first-order valence-corrected chi connectivity index (χ1v) is 3.85.